The van der Waals surface area contributed by atoms with Gasteiger partial charge in [-0.05, 0) is 25.8 Å². The van der Waals surface area contributed by atoms with Gasteiger partial charge in [0.25, 0.3) is 0 Å². The summed E-state index contributed by atoms with van der Waals surface area (Å²) in [6, 6.07) is 8.02. The Kier molecular flexibility index (Phi) is 8.49. The number of para-hydroxylation sites is 1. The molecule has 0 radical (unpaired) electrons. The van der Waals surface area contributed by atoms with Crippen LogP contribution in [0.25, 0.3) is 0 Å². The zero-order chi connectivity index (χ0) is 14.2. The first kappa shape index (κ1) is 18.1. The Bertz CT molecular complexity index is 443. The highest BCUT2D eigenvalue weighted by atomic mass is 127. The van der Waals surface area contributed by atoms with Crippen molar-refractivity contribution in [1.82, 2.24) is 4.90 Å². The van der Waals surface area contributed by atoms with Crippen LogP contribution >= 0.6 is 24.0 Å². The standard InChI is InChI=1S/C16H25N3O.HI/c1-2-20-15-10-6-5-9-14(15)13-18-16(17)19-11-7-3-4-8-12-19;/h5-6,9-10H,2-4,7-8,11-13H2,1H3,(H2,17,18);1H. The number of hydrogen-bond donors (Lipinski definition) is 1. The SMILES string of the molecule is CCOc1ccccc1CN=C(N)N1CCCCCC1.I. The summed E-state index contributed by atoms with van der Waals surface area (Å²) in [5, 5.41) is 0. The highest BCUT2D eigenvalue weighted by molar-refractivity contribution is 14.0. The third-order valence-corrected chi connectivity index (χ3v) is 3.61. The fraction of sp³-hybridized carbons (Fsp3) is 0.562. The van der Waals surface area contributed by atoms with Crippen LogP contribution in [0.15, 0.2) is 29.3 Å². The highest BCUT2D eigenvalue weighted by Gasteiger charge is 2.11. The van der Waals surface area contributed by atoms with Crippen LogP contribution in [0.4, 0.5) is 0 Å². The maximum absolute atomic E-state index is 6.12. The van der Waals surface area contributed by atoms with E-state index in [1.165, 1.54) is 25.7 Å². The van der Waals surface area contributed by atoms with E-state index in [9.17, 15) is 0 Å². The first-order valence-corrected chi connectivity index (χ1v) is 7.57. The van der Waals surface area contributed by atoms with E-state index in [1.807, 2.05) is 31.2 Å². The Labute approximate surface area is 144 Å². The molecule has 0 bridgehead atoms. The van der Waals surface area contributed by atoms with Crippen molar-refractivity contribution in [3.8, 4) is 5.75 Å². The Morgan fingerprint density at radius 1 is 1.19 bits per heavy atom. The van der Waals surface area contributed by atoms with Gasteiger partial charge in [-0.3, -0.25) is 0 Å². The minimum absolute atomic E-state index is 0. The van der Waals surface area contributed by atoms with Gasteiger partial charge in [-0.2, -0.15) is 0 Å². The van der Waals surface area contributed by atoms with Crippen LogP contribution in [0.5, 0.6) is 5.75 Å². The predicted octanol–water partition coefficient (Wildman–Crippen LogP) is 3.39. The number of nitrogens with two attached hydrogens (primary N) is 1. The molecule has 2 N–H and O–H groups in total. The van der Waals surface area contributed by atoms with Crippen molar-refractivity contribution in [3.63, 3.8) is 0 Å². The molecule has 0 unspecified atom stereocenters. The molecule has 1 aliphatic rings. The monoisotopic (exact) mass is 403 g/mol. The normalized spacial score (nSPS) is 16.0. The van der Waals surface area contributed by atoms with Crippen LogP contribution in [0.2, 0.25) is 0 Å². The Morgan fingerprint density at radius 3 is 2.52 bits per heavy atom. The summed E-state index contributed by atoms with van der Waals surface area (Å²) in [4.78, 5) is 6.75. The topological polar surface area (TPSA) is 50.9 Å². The van der Waals surface area contributed by atoms with E-state index in [1.54, 1.807) is 0 Å². The molecule has 1 aliphatic heterocycles. The van der Waals surface area contributed by atoms with Gasteiger partial charge in [0.1, 0.15) is 5.75 Å². The molecule has 0 aliphatic carbocycles. The summed E-state index contributed by atoms with van der Waals surface area (Å²) in [5.41, 5.74) is 7.21. The molecule has 4 nitrogen and oxygen atoms in total. The number of guanidine groups is 1. The first-order chi connectivity index (χ1) is 9.81. The highest BCUT2D eigenvalue weighted by Crippen LogP contribution is 2.19. The summed E-state index contributed by atoms with van der Waals surface area (Å²) in [5.74, 6) is 1.57. The van der Waals surface area contributed by atoms with E-state index in [0.717, 1.165) is 24.4 Å². The smallest absolute Gasteiger partial charge is 0.191 e. The molecule has 0 atom stereocenters. The largest absolute Gasteiger partial charge is 0.494 e. The fourth-order valence-electron chi connectivity index (χ4n) is 2.50. The summed E-state index contributed by atoms with van der Waals surface area (Å²) >= 11 is 0. The van der Waals surface area contributed by atoms with Gasteiger partial charge in [0.15, 0.2) is 5.96 Å². The van der Waals surface area contributed by atoms with E-state index in [2.05, 4.69) is 9.89 Å². The van der Waals surface area contributed by atoms with Crippen LogP contribution in [0.1, 0.15) is 38.2 Å². The number of hydrogen-bond acceptors (Lipinski definition) is 2. The van der Waals surface area contributed by atoms with E-state index < -0.39 is 0 Å². The molecule has 0 saturated carbocycles. The number of ether oxygens (including phenoxy) is 1. The molecule has 1 aromatic carbocycles. The summed E-state index contributed by atoms with van der Waals surface area (Å²) in [6.45, 7) is 5.30. The van der Waals surface area contributed by atoms with Gasteiger partial charge in [0.05, 0.1) is 13.2 Å². The van der Waals surface area contributed by atoms with E-state index in [0.29, 0.717) is 19.1 Å². The molecule has 5 heteroatoms. The number of benzene rings is 1. The van der Waals surface area contributed by atoms with Crippen molar-refractivity contribution >= 4 is 29.9 Å². The molecule has 2 rings (SSSR count). The van der Waals surface area contributed by atoms with Crippen LogP contribution in [-0.2, 0) is 6.54 Å². The second-order valence-electron chi connectivity index (χ2n) is 5.12. The minimum Gasteiger partial charge on any atom is -0.494 e. The van der Waals surface area contributed by atoms with E-state index >= 15 is 0 Å². The van der Waals surface area contributed by atoms with Gasteiger partial charge in [-0.15, -0.1) is 24.0 Å². The van der Waals surface area contributed by atoms with E-state index in [-0.39, 0.29) is 24.0 Å². The lowest BCUT2D eigenvalue weighted by Gasteiger charge is -2.21. The maximum atomic E-state index is 6.12. The van der Waals surface area contributed by atoms with Gasteiger partial charge < -0.3 is 15.4 Å². The van der Waals surface area contributed by atoms with Crippen molar-refractivity contribution in [2.75, 3.05) is 19.7 Å². The summed E-state index contributed by atoms with van der Waals surface area (Å²) in [7, 11) is 0. The summed E-state index contributed by atoms with van der Waals surface area (Å²) in [6.07, 6.45) is 5.03. The number of halogens is 1. The second-order valence-corrected chi connectivity index (χ2v) is 5.12. The molecule has 1 saturated heterocycles. The summed E-state index contributed by atoms with van der Waals surface area (Å²) < 4.78 is 5.61. The fourth-order valence-corrected chi connectivity index (χ4v) is 2.50. The van der Waals surface area contributed by atoms with E-state index in [4.69, 9.17) is 10.5 Å². The molecule has 0 amide bonds. The lowest BCUT2D eigenvalue weighted by molar-refractivity contribution is 0.336. The average Bonchev–Trinajstić information content (AvgIpc) is 2.75. The zero-order valence-corrected chi connectivity index (χ0v) is 15.1. The number of rotatable bonds is 4. The first-order valence-electron chi connectivity index (χ1n) is 7.57. The number of aliphatic imine (C=N–C) groups is 1. The molecule has 1 fully saturated rings. The Hall–Kier alpha value is -0.980. The quantitative estimate of drug-likeness (QED) is 0.476. The van der Waals surface area contributed by atoms with Gasteiger partial charge in [-0.1, -0.05) is 31.0 Å². The Morgan fingerprint density at radius 2 is 1.86 bits per heavy atom. The molecule has 0 spiro atoms. The van der Waals surface area contributed by atoms with Gasteiger partial charge >= 0.3 is 0 Å². The molecule has 0 aromatic heterocycles. The van der Waals surface area contributed by atoms with Gasteiger partial charge in [-0.25, -0.2) is 4.99 Å². The average molecular weight is 403 g/mol. The lowest BCUT2D eigenvalue weighted by atomic mass is 10.2. The van der Waals surface area contributed by atoms with Crippen molar-refractivity contribution < 1.29 is 4.74 Å². The molecule has 1 heterocycles. The molecule has 118 valence electrons. The van der Waals surface area contributed by atoms with Crippen LogP contribution in [0, 0.1) is 0 Å². The Balaban J connectivity index is 0.00000220. The minimum atomic E-state index is 0. The zero-order valence-electron chi connectivity index (χ0n) is 12.8. The van der Waals surface area contributed by atoms with Gasteiger partial charge in [0, 0.05) is 18.7 Å². The second kappa shape index (κ2) is 9.87. The van der Waals surface area contributed by atoms with Crippen LogP contribution < -0.4 is 10.5 Å². The van der Waals surface area contributed by atoms with Crippen molar-refractivity contribution in [3.05, 3.63) is 29.8 Å². The third kappa shape index (κ3) is 5.73. The molecular weight excluding hydrogens is 377 g/mol. The van der Waals surface area contributed by atoms with Crippen molar-refractivity contribution in [1.29, 1.82) is 0 Å². The van der Waals surface area contributed by atoms with Gasteiger partial charge in [0.2, 0.25) is 0 Å². The number of nitrogens with zero attached hydrogens (tertiary/aromatic N) is 2. The number of likely N-dealkylation sites (tertiary alicyclic amines) is 1. The third-order valence-electron chi connectivity index (χ3n) is 3.61. The predicted molar refractivity (Wildman–Crippen MR) is 98.4 cm³/mol. The maximum Gasteiger partial charge on any atom is 0.191 e. The van der Waals surface area contributed by atoms with Crippen LogP contribution in [-0.4, -0.2) is 30.6 Å². The molecule has 21 heavy (non-hydrogen) atoms. The van der Waals surface area contributed by atoms with Crippen LogP contribution in [0.3, 0.4) is 0 Å². The van der Waals surface area contributed by atoms with Crippen molar-refractivity contribution in [2.24, 2.45) is 10.7 Å². The lowest BCUT2D eigenvalue weighted by Crippen LogP contribution is -2.38. The molecular formula is C16H26IN3O. The molecule has 1 aromatic rings. The van der Waals surface area contributed by atoms with Crippen molar-refractivity contribution in [2.45, 2.75) is 39.2 Å².